The van der Waals surface area contributed by atoms with Crippen LogP contribution in [0.1, 0.15) is 45.6 Å². The average Bonchev–Trinajstić information content (AvgIpc) is 3.03. The van der Waals surface area contributed by atoms with Crippen molar-refractivity contribution in [3.05, 3.63) is 107 Å². The lowest BCUT2D eigenvalue weighted by molar-refractivity contribution is 0.0952. The number of carbonyl (C=O) groups excluding carboxylic acids is 1. The standard InChI is InChI=1S/C27H27FN2O/c1-18(22-7-5-4-6-8-22)16-29-27(31)23-11-14-26-25(15-23)19(2)20(3)30(26)17-21-9-12-24(28)13-10-21/h4-15,18H,16-17H2,1-3H3,(H,29,31)/t18-/m0/s1. The molecule has 0 aliphatic rings. The van der Waals surface area contributed by atoms with Crippen LogP contribution in [-0.4, -0.2) is 17.0 Å². The molecular formula is C27H27FN2O. The first-order valence-electron chi connectivity index (χ1n) is 10.6. The van der Waals surface area contributed by atoms with Gasteiger partial charge in [-0.05, 0) is 66.8 Å². The van der Waals surface area contributed by atoms with E-state index in [4.69, 9.17) is 0 Å². The van der Waals surface area contributed by atoms with Crippen molar-refractivity contribution < 1.29 is 9.18 Å². The van der Waals surface area contributed by atoms with E-state index in [0.29, 0.717) is 18.7 Å². The second-order valence-electron chi connectivity index (χ2n) is 8.18. The molecule has 0 saturated carbocycles. The Bertz CT molecular complexity index is 1210. The molecule has 0 unspecified atom stereocenters. The maximum absolute atomic E-state index is 13.2. The number of hydrogen-bond acceptors (Lipinski definition) is 1. The van der Waals surface area contributed by atoms with Gasteiger partial charge in [-0.15, -0.1) is 0 Å². The van der Waals surface area contributed by atoms with E-state index >= 15 is 0 Å². The van der Waals surface area contributed by atoms with E-state index < -0.39 is 0 Å². The highest BCUT2D eigenvalue weighted by molar-refractivity contribution is 5.99. The van der Waals surface area contributed by atoms with Gasteiger partial charge in [0.15, 0.2) is 0 Å². The van der Waals surface area contributed by atoms with Gasteiger partial charge in [0.25, 0.3) is 5.91 Å². The summed E-state index contributed by atoms with van der Waals surface area (Å²) < 4.78 is 15.5. The smallest absolute Gasteiger partial charge is 0.251 e. The van der Waals surface area contributed by atoms with Gasteiger partial charge in [0.05, 0.1) is 0 Å². The number of aryl methyl sites for hydroxylation is 1. The van der Waals surface area contributed by atoms with Crippen LogP contribution in [0.3, 0.4) is 0 Å². The highest BCUT2D eigenvalue weighted by Crippen LogP contribution is 2.27. The summed E-state index contributed by atoms with van der Waals surface area (Å²) in [5.41, 5.74) is 6.29. The Morgan fingerprint density at radius 1 is 1.00 bits per heavy atom. The molecule has 31 heavy (non-hydrogen) atoms. The van der Waals surface area contributed by atoms with Crippen molar-refractivity contribution in [1.29, 1.82) is 0 Å². The van der Waals surface area contributed by atoms with Crippen LogP contribution in [0.15, 0.2) is 72.8 Å². The summed E-state index contributed by atoms with van der Waals surface area (Å²) in [4.78, 5) is 12.8. The lowest BCUT2D eigenvalue weighted by atomic mass is 10.0. The molecule has 3 aromatic carbocycles. The van der Waals surface area contributed by atoms with E-state index in [9.17, 15) is 9.18 Å². The topological polar surface area (TPSA) is 34.0 Å². The fourth-order valence-corrected chi connectivity index (χ4v) is 4.01. The van der Waals surface area contributed by atoms with Crippen LogP contribution in [0.5, 0.6) is 0 Å². The number of fused-ring (bicyclic) bond motifs is 1. The molecule has 1 aromatic heterocycles. The zero-order valence-electron chi connectivity index (χ0n) is 18.2. The van der Waals surface area contributed by atoms with E-state index in [1.54, 1.807) is 0 Å². The Kier molecular flexibility index (Phi) is 5.90. The number of rotatable bonds is 6. The summed E-state index contributed by atoms with van der Waals surface area (Å²) in [6.07, 6.45) is 0. The largest absolute Gasteiger partial charge is 0.351 e. The Morgan fingerprint density at radius 2 is 1.71 bits per heavy atom. The van der Waals surface area contributed by atoms with Gasteiger partial charge in [-0.2, -0.15) is 0 Å². The molecule has 4 aromatic rings. The Labute approximate surface area is 182 Å². The van der Waals surface area contributed by atoms with E-state index in [1.807, 2.05) is 48.5 Å². The SMILES string of the molecule is Cc1c(C)n(Cc2ccc(F)cc2)c2ccc(C(=O)NC[C@H](C)c3ccccc3)cc12. The van der Waals surface area contributed by atoms with Crippen molar-refractivity contribution in [1.82, 2.24) is 9.88 Å². The number of nitrogens with one attached hydrogen (secondary N) is 1. The van der Waals surface area contributed by atoms with Crippen LogP contribution in [0.2, 0.25) is 0 Å². The van der Waals surface area contributed by atoms with Gasteiger partial charge in [-0.25, -0.2) is 4.39 Å². The summed E-state index contributed by atoms with van der Waals surface area (Å²) in [5, 5.41) is 4.14. The van der Waals surface area contributed by atoms with Gasteiger partial charge in [0, 0.05) is 35.2 Å². The molecule has 1 N–H and O–H groups in total. The Balaban J connectivity index is 1.54. The van der Waals surface area contributed by atoms with Gasteiger partial charge in [-0.1, -0.05) is 49.4 Å². The molecule has 0 fully saturated rings. The van der Waals surface area contributed by atoms with Crippen molar-refractivity contribution in [2.75, 3.05) is 6.54 Å². The van der Waals surface area contributed by atoms with Crippen molar-refractivity contribution in [3.8, 4) is 0 Å². The number of halogens is 1. The van der Waals surface area contributed by atoms with Crippen LogP contribution in [0.25, 0.3) is 10.9 Å². The first-order chi connectivity index (χ1) is 14.9. The summed E-state index contributed by atoms with van der Waals surface area (Å²) in [6.45, 7) is 7.53. The summed E-state index contributed by atoms with van der Waals surface area (Å²) in [5.74, 6) is -0.0473. The van der Waals surface area contributed by atoms with Crippen LogP contribution >= 0.6 is 0 Å². The van der Waals surface area contributed by atoms with Crippen molar-refractivity contribution in [3.63, 3.8) is 0 Å². The lowest BCUT2D eigenvalue weighted by Crippen LogP contribution is -2.27. The predicted molar refractivity (Wildman–Crippen MR) is 124 cm³/mol. The van der Waals surface area contributed by atoms with Gasteiger partial charge < -0.3 is 9.88 Å². The van der Waals surface area contributed by atoms with Crippen molar-refractivity contribution >= 4 is 16.8 Å². The normalized spacial score (nSPS) is 12.1. The van der Waals surface area contributed by atoms with Crippen molar-refractivity contribution in [2.24, 2.45) is 0 Å². The van der Waals surface area contributed by atoms with Crippen molar-refractivity contribution in [2.45, 2.75) is 33.2 Å². The molecule has 0 aliphatic carbocycles. The minimum Gasteiger partial charge on any atom is -0.351 e. The zero-order valence-corrected chi connectivity index (χ0v) is 18.2. The van der Waals surface area contributed by atoms with Crippen LogP contribution in [0, 0.1) is 19.7 Å². The highest BCUT2D eigenvalue weighted by atomic mass is 19.1. The third-order valence-electron chi connectivity index (χ3n) is 6.09. The molecular weight excluding hydrogens is 387 g/mol. The minimum absolute atomic E-state index is 0.0620. The predicted octanol–water partition coefficient (Wildman–Crippen LogP) is 5.98. The second kappa shape index (κ2) is 8.76. The number of amides is 1. The molecule has 1 amide bonds. The van der Waals surface area contributed by atoms with E-state index in [1.165, 1.54) is 17.7 Å². The number of benzene rings is 3. The highest BCUT2D eigenvalue weighted by Gasteiger charge is 2.15. The first kappa shape index (κ1) is 20.9. The Morgan fingerprint density at radius 3 is 2.42 bits per heavy atom. The van der Waals surface area contributed by atoms with Gasteiger partial charge in [0.1, 0.15) is 5.82 Å². The fraction of sp³-hybridized carbons (Fsp3) is 0.222. The third kappa shape index (κ3) is 4.38. The summed E-state index contributed by atoms with van der Waals surface area (Å²) in [6, 6.07) is 22.7. The molecule has 0 saturated heterocycles. The summed E-state index contributed by atoms with van der Waals surface area (Å²) >= 11 is 0. The molecule has 3 nitrogen and oxygen atoms in total. The van der Waals surface area contributed by atoms with Crippen LogP contribution in [0.4, 0.5) is 4.39 Å². The first-order valence-corrected chi connectivity index (χ1v) is 10.6. The molecule has 4 heteroatoms. The zero-order chi connectivity index (χ0) is 22.0. The molecule has 0 bridgehead atoms. The number of carbonyl (C=O) groups is 1. The maximum atomic E-state index is 13.2. The average molecular weight is 415 g/mol. The molecule has 158 valence electrons. The van der Waals surface area contributed by atoms with Gasteiger partial charge >= 0.3 is 0 Å². The monoisotopic (exact) mass is 414 g/mol. The number of hydrogen-bond donors (Lipinski definition) is 1. The van der Waals surface area contributed by atoms with Gasteiger partial charge in [0.2, 0.25) is 0 Å². The van der Waals surface area contributed by atoms with E-state index in [0.717, 1.165) is 27.7 Å². The maximum Gasteiger partial charge on any atom is 0.251 e. The number of nitrogens with zero attached hydrogens (tertiary/aromatic N) is 1. The number of aromatic nitrogens is 1. The fourth-order valence-electron chi connectivity index (χ4n) is 4.01. The minimum atomic E-state index is -0.230. The third-order valence-corrected chi connectivity index (χ3v) is 6.09. The second-order valence-corrected chi connectivity index (χ2v) is 8.18. The van der Waals surface area contributed by atoms with Crippen LogP contribution < -0.4 is 5.32 Å². The van der Waals surface area contributed by atoms with Gasteiger partial charge in [-0.3, -0.25) is 4.79 Å². The van der Waals surface area contributed by atoms with E-state index in [2.05, 4.69) is 42.8 Å². The molecule has 1 atom stereocenters. The molecule has 0 radical (unpaired) electrons. The lowest BCUT2D eigenvalue weighted by Gasteiger charge is -2.13. The Hall–Kier alpha value is -3.40. The molecule has 4 rings (SSSR count). The quantitative estimate of drug-likeness (QED) is 0.414. The molecule has 1 heterocycles. The molecule has 0 spiro atoms. The van der Waals surface area contributed by atoms with E-state index in [-0.39, 0.29) is 17.6 Å². The molecule has 0 aliphatic heterocycles. The van der Waals surface area contributed by atoms with Crippen LogP contribution in [-0.2, 0) is 6.54 Å². The summed E-state index contributed by atoms with van der Waals surface area (Å²) in [7, 11) is 0.